The predicted octanol–water partition coefficient (Wildman–Crippen LogP) is 3.77. The molecule has 1 saturated heterocycles. The van der Waals surface area contributed by atoms with Crippen molar-refractivity contribution in [3.63, 3.8) is 0 Å². The molecule has 27 heavy (non-hydrogen) atoms. The fourth-order valence-electron chi connectivity index (χ4n) is 3.34. The normalized spacial score (nSPS) is 16.7. The Labute approximate surface area is 158 Å². The Morgan fingerprint density at radius 2 is 1.96 bits per heavy atom. The Balaban J connectivity index is 1.48. The first-order valence-corrected chi connectivity index (χ1v) is 9.34. The molecule has 0 aliphatic carbocycles. The number of hydrogen-bond donors (Lipinski definition) is 0. The zero-order valence-electron chi connectivity index (χ0n) is 15.2. The summed E-state index contributed by atoms with van der Waals surface area (Å²) in [6.45, 7) is 3.76. The number of carbonyl (C=O) groups is 1. The maximum Gasteiger partial charge on any atom is 0.231 e. The Morgan fingerprint density at radius 1 is 1.15 bits per heavy atom. The molecular formula is C21H23NO5. The fraction of sp³-hybridized carbons (Fsp3) is 0.381. The molecule has 0 N–H and O–H groups in total. The molecule has 0 radical (unpaired) electrons. The van der Waals surface area contributed by atoms with Crippen LogP contribution in [0.25, 0.3) is 6.08 Å². The summed E-state index contributed by atoms with van der Waals surface area (Å²) < 4.78 is 22.0. The summed E-state index contributed by atoms with van der Waals surface area (Å²) in [6.07, 6.45) is 8.48. The molecular weight excluding hydrogens is 346 g/mol. The molecule has 2 aromatic rings. The summed E-state index contributed by atoms with van der Waals surface area (Å²) in [4.78, 5) is 15.1. The number of rotatable bonds is 7. The summed E-state index contributed by atoms with van der Waals surface area (Å²) in [5.41, 5.74) is 0.459. The van der Waals surface area contributed by atoms with Gasteiger partial charge in [-0.25, -0.2) is 0 Å². The molecule has 1 aromatic heterocycles. The Hall–Kier alpha value is -2.73. The van der Waals surface area contributed by atoms with Crippen LogP contribution >= 0.6 is 0 Å². The lowest BCUT2D eigenvalue weighted by atomic mass is 10.1. The van der Waals surface area contributed by atoms with Crippen molar-refractivity contribution in [2.45, 2.75) is 19.3 Å². The zero-order valence-corrected chi connectivity index (χ0v) is 15.2. The van der Waals surface area contributed by atoms with Crippen LogP contribution in [0.15, 0.2) is 41.0 Å². The molecule has 0 spiro atoms. The number of benzene rings is 1. The number of hydrogen-bond acceptors (Lipinski definition) is 6. The highest BCUT2D eigenvalue weighted by Crippen LogP contribution is 2.38. The second-order valence-electron chi connectivity index (χ2n) is 6.67. The molecule has 2 aliphatic rings. The van der Waals surface area contributed by atoms with Crippen molar-refractivity contribution >= 4 is 11.9 Å². The van der Waals surface area contributed by atoms with Gasteiger partial charge < -0.3 is 18.6 Å². The van der Waals surface area contributed by atoms with Crippen molar-refractivity contribution in [1.82, 2.24) is 4.90 Å². The third kappa shape index (κ3) is 4.34. The highest BCUT2D eigenvalue weighted by molar-refractivity contribution is 6.09. The molecule has 0 unspecified atom stereocenters. The van der Waals surface area contributed by atoms with Crippen LogP contribution < -0.4 is 14.2 Å². The van der Waals surface area contributed by atoms with E-state index in [9.17, 15) is 4.79 Å². The number of ketones is 1. The van der Waals surface area contributed by atoms with Crippen LogP contribution in [0.3, 0.4) is 0 Å². The number of ether oxygens (including phenoxy) is 3. The van der Waals surface area contributed by atoms with Gasteiger partial charge in [-0.05, 0) is 56.3 Å². The maximum absolute atomic E-state index is 12.7. The van der Waals surface area contributed by atoms with E-state index < -0.39 is 0 Å². The van der Waals surface area contributed by atoms with E-state index in [1.54, 1.807) is 36.6 Å². The van der Waals surface area contributed by atoms with Crippen molar-refractivity contribution in [3.8, 4) is 17.2 Å². The van der Waals surface area contributed by atoms with E-state index >= 15 is 0 Å². The standard InChI is InChI=1S/C21H23NO5/c23-18(7-6-16-5-4-11-24-16)17-13-20-21(27-15-26-20)14-19(17)25-12-10-22-8-2-1-3-9-22/h4-7,11,13-14H,1-3,8-10,12,15H2. The molecule has 6 heteroatoms. The van der Waals surface area contributed by atoms with Crippen molar-refractivity contribution in [2.75, 3.05) is 33.0 Å². The third-order valence-corrected chi connectivity index (χ3v) is 4.80. The van der Waals surface area contributed by atoms with Gasteiger partial charge in [0, 0.05) is 12.6 Å². The first-order valence-electron chi connectivity index (χ1n) is 9.34. The minimum atomic E-state index is -0.169. The highest BCUT2D eigenvalue weighted by atomic mass is 16.7. The minimum Gasteiger partial charge on any atom is -0.491 e. The van der Waals surface area contributed by atoms with Crippen LogP contribution in [0.1, 0.15) is 35.4 Å². The molecule has 6 nitrogen and oxygen atoms in total. The van der Waals surface area contributed by atoms with Gasteiger partial charge in [-0.1, -0.05) is 6.42 Å². The number of fused-ring (bicyclic) bond motifs is 1. The van der Waals surface area contributed by atoms with Crippen LogP contribution in [0, 0.1) is 0 Å². The number of likely N-dealkylation sites (tertiary alicyclic amines) is 1. The van der Waals surface area contributed by atoms with Crippen LogP contribution in [0.2, 0.25) is 0 Å². The largest absolute Gasteiger partial charge is 0.491 e. The summed E-state index contributed by atoms with van der Waals surface area (Å²) in [5, 5.41) is 0. The van der Waals surface area contributed by atoms with Gasteiger partial charge in [0.1, 0.15) is 18.1 Å². The lowest BCUT2D eigenvalue weighted by Crippen LogP contribution is -2.33. The second kappa shape index (κ2) is 8.31. The van der Waals surface area contributed by atoms with Gasteiger partial charge in [-0.3, -0.25) is 9.69 Å². The Kier molecular flexibility index (Phi) is 5.44. The molecule has 4 rings (SSSR count). The van der Waals surface area contributed by atoms with E-state index in [1.807, 2.05) is 0 Å². The number of piperidine rings is 1. The SMILES string of the molecule is O=C(C=Cc1ccco1)c1cc2c(cc1OCCN1CCCCC1)OCO2. The van der Waals surface area contributed by atoms with Crippen molar-refractivity contribution < 1.29 is 23.4 Å². The van der Waals surface area contributed by atoms with Gasteiger partial charge in [-0.15, -0.1) is 0 Å². The van der Waals surface area contributed by atoms with Gasteiger partial charge in [0.05, 0.1) is 11.8 Å². The van der Waals surface area contributed by atoms with Gasteiger partial charge in [-0.2, -0.15) is 0 Å². The second-order valence-corrected chi connectivity index (χ2v) is 6.67. The first-order chi connectivity index (χ1) is 13.3. The highest BCUT2D eigenvalue weighted by Gasteiger charge is 2.21. The summed E-state index contributed by atoms with van der Waals surface area (Å²) in [6, 6.07) is 7.00. The van der Waals surface area contributed by atoms with E-state index in [0.717, 1.165) is 19.6 Å². The lowest BCUT2D eigenvalue weighted by molar-refractivity contribution is 0.104. The number of furan rings is 1. The number of nitrogens with zero attached hydrogens (tertiary/aromatic N) is 1. The van der Waals surface area contributed by atoms with E-state index in [1.165, 1.54) is 25.3 Å². The average molecular weight is 369 g/mol. The first kappa shape index (κ1) is 17.7. The topological polar surface area (TPSA) is 61.1 Å². The summed E-state index contributed by atoms with van der Waals surface area (Å²) in [7, 11) is 0. The average Bonchev–Trinajstić information content (AvgIpc) is 3.37. The van der Waals surface area contributed by atoms with E-state index in [2.05, 4.69) is 4.90 Å². The van der Waals surface area contributed by atoms with Crippen LogP contribution in [0.5, 0.6) is 17.2 Å². The van der Waals surface area contributed by atoms with Crippen molar-refractivity contribution in [3.05, 3.63) is 47.9 Å². The lowest BCUT2D eigenvalue weighted by Gasteiger charge is -2.26. The molecule has 0 atom stereocenters. The van der Waals surface area contributed by atoms with Gasteiger partial charge in [0.25, 0.3) is 0 Å². The maximum atomic E-state index is 12.7. The molecule has 1 aromatic carbocycles. The van der Waals surface area contributed by atoms with E-state index in [4.69, 9.17) is 18.6 Å². The van der Waals surface area contributed by atoms with Gasteiger partial charge >= 0.3 is 0 Å². The molecule has 0 amide bonds. The molecule has 3 heterocycles. The fourth-order valence-corrected chi connectivity index (χ4v) is 3.34. The molecule has 142 valence electrons. The van der Waals surface area contributed by atoms with Gasteiger partial charge in [0.2, 0.25) is 6.79 Å². The predicted molar refractivity (Wildman–Crippen MR) is 100 cm³/mol. The number of carbonyl (C=O) groups excluding carboxylic acids is 1. The third-order valence-electron chi connectivity index (χ3n) is 4.80. The van der Waals surface area contributed by atoms with Crippen LogP contribution in [0.4, 0.5) is 0 Å². The Bertz CT molecular complexity index is 806. The molecule has 0 bridgehead atoms. The smallest absolute Gasteiger partial charge is 0.231 e. The van der Waals surface area contributed by atoms with Crippen molar-refractivity contribution in [2.24, 2.45) is 0 Å². The summed E-state index contributed by atoms with van der Waals surface area (Å²) in [5.74, 6) is 2.14. The molecule has 1 fully saturated rings. The van der Waals surface area contributed by atoms with Crippen LogP contribution in [-0.4, -0.2) is 43.7 Å². The molecule has 2 aliphatic heterocycles. The van der Waals surface area contributed by atoms with Gasteiger partial charge in [0.15, 0.2) is 17.3 Å². The summed E-state index contributed by atoms with van der Waals surface area (Å²) >= 11 is 0. The quantitative estimate of drug-likeness (QED) is 0.547. The van der Waals surface area contributed by atoms with Crippen molar-refractivity contribution in [1.29, 1.82) is 0 Å². The monoisotopic (exact) mass is 369 g/mol. The molecule has 0 saturated carbocycles. The number of allylic oxidation sites excluding steroid dienone is 1. The van der Waals surface area contributed by atoms with E-state index in [0.29, 0.717) is 35.2 Å². The van der Waals surface area contributed by atoms with Crippen LogP contribution in [-0.2, 0) is 0 Å². The Morgan fingerprint density at radius 3 is 2.74 bits per heavy atom. The minimum absolute atomic E-state index is 0.155. The zero-order chi connectivity index (χ0) is 18.5. The van der Waals surface area contributed by atoms with E-state index in [-0.39, 0.29) is 12.6 Å².